The van der Waals surface area contributed by atoms with Crippen LogP contribution in [0.5, 0.6) is 0 Å². The molecule has 1 N–H and O–H groups in total. The van der Waals surface area contributed by atoms with E-state index in [9.17, 15) is 5.11 Å². The van der Waals surface area contributed by atoms with Gasteiger partial charge in [-0.3, -0.25) is 4.90 Å². The molecular weight excluding hydrogens is 286 g/mol. The summed E-state index contributed by atoms with van der Waals surface area (Å²) in [6, 6.07) is 10.4. The Bertz CT molecular complexity index is 413. The average Bonchev–Trinajstić information content (AvgIpc) is 2.61. The van der Waals surface area contributed by atoms with Crippen molar-refractivity contribution in [3.05, 3.63) is 35.9 Å². The molecule has 1 aromatic rings. The molecule has 0 radical (unpaired) electrons. The van der Waals surface area contributed by atoms with Crippen LogP contribution in [0, 0.1) is 5.92 Å². The molecule has 1 fully saturated rings. The summed E-state index contributed by atoms with van der Waals surface area (Å²) < 4.78 is 5.82. The fourth-order valence-corrected chi connectivity index (χ4v) is 3.95. The van der Waals surface area contributed by atoms with Crippen LogP contribution in [0.2, 0.25) is 0 Å². The molecule has 2 atom stereocenters. The standard InChI is InChI=1S/C20H33NO2/c1-3-21(4-2)20(18-13-9-6-10-14-18)19(22)16-23-15-17-11-7-5-8-12-17/h5,7-8,11-12,18-20,22H,3-4,6,9-10,13-16H2,1-2H3/t19-,20+/m1/s1. The summed E-state index contributed by atoms with van der Waals surface area (Å²) in [4.78, 5) is 2.42. The first-order chi connectivity index (χ1) is 11.3. The summed E-state index contributed by atoms with van der Waals surface area (Å²) in [5, 5.41) is 10.8. The fraction of sp³-hybridized carbons (Fsp3) is 0.700. The molecule has 23 heavy (non-hydrogen) atoms. The van der Waals surface area contributed by atoms with Crippen molar-refractivity contribution in [3.63, 3.8) is 0 Å². The maximum Gasteiger partial charge on any atom is 0.0931 e. The van der Waals surface area contributed by atoms with Crippen molar-refractivity contribution in [2.75, 3.05) is 19.7 Å². The summed E-state index contributed by atoms with van der Waals surface area (Å²) in [5.41, 5.74) is 1.16. The monoisotopic (exact) mass is 319 g/mol. The Morgan fingerprint density at radius 1 is 1.09 bits per heavy atom. The van der Waals surface area contributed by atoms with Crippen LogP contribution in [0.3, 0.4) is 0 Å². The van der Waals surface area contributed by atoms with Crippen LogP contribution in [-0.2, 0) is 11.3 Å². The Balaban J connectivity index is 1.90. The van der Waals surface area contributed by atoms with E-state index in [0.717, 1.165) is 18.7 Å². The second kappa shape index (κ2) is 10.1. The maximum atomic E-state index is 10.8. The summed E-state index contributed by atoms with van der Waals surface area (Å²) in [6.07, 6.45) is 6.05. The smallest absolute Gasteiger partial charge is 0.0931 e. The number of aliphatic hydroxyl groups is 1. The van der Waals surface area contributed by atoms with Crippen molar-refractivity contribution in [3.8, 4) is 0 Å². The van der Waals surface area contributed by atoms with Crippen LogP contribution in [0.25, 0.3) is 0 Å². The van der Waals surface area contributed by atoms with E-state index < -0.39 is 6.10 Å². The number of aliphatic hydroxyl groups excluding tert-OH is 1. The number of hydrogen-bond acceptors (Lipinski definition) is 3. The molecule has 1 aliphatic carbocycles. The van der Waals surface area contributed by atoms with Gasteiger partial charge in [0.05, 0.1) is 19.3 Å². The molecule has 0 aromatic heterocycles. The second-order valence-corrected chi connectivity index (χ2v) is 6.68. The topological polar surface area (TPSA) is 32.7 Å². The third kappa shape index (κ3) is 5.59. The predicted molar refractivity (Wildman–Crippen MR) is 95.4 cm³/mol. The Kier molecular flexibility index (Phi) is 8.07. The Morgan fingerprint density at radius 2 is 1.74 bits per heavy atom. The van der Waals surface area contributed by atoms with Gasteiger partial charge in [-0.1, -0.05) is 63.4 Å². The highest BCUT2D eigenvalue weighted by Crippen LogP contribution is 2.30. The van der Waals surface area contributed by atoms with Crippen LogP contribution < -0.4 is 0 Å². The minimum Gasteiger partial charge on any atom is -0.389 e. The molecule has 0 saturated heterocycles. The zero-order valence-electron chi connectivity index (χ0n) is 14.8. The number of nitrogens with zero attached hydrogens (tertiary/aromatic N) is 1. The van der Waals surface area contributed by atoms with Gasteiger partial charge in [0.2, 0.25) is 0 Å². The van der Waals surface area contributed by atoms with Crippen LogP contribution in [0.15, 0.2) is 30.3 Å². The summed E-state index contributed by atoms with van der Waals surface area (Å²) >= 11 is 0. The van der Waals surface area contributed by atoms with E-state index in [4.69, 9.17) is 4.74 Å². The Morgan fingerprint density at radius 3 is 2.35 bits per heavy atom. The van der Waals surface area contributed by atoms with Gasteiger partial charge in [-0.15, -0.1) is 0 Å². The molecule has 0 amide bonds. The number of benzene rings is 1. The van der Waals surface area contributed by atoms with Crippen molar-refractivity contribution >= 4 is 0 Å². The predicted octanol–water partition coefficient (Wildman–Crippen LogP) is 3.85. The molecular formula is C20H33NO2. The van der Waals surface area contributed by atoms with Crippen molar-refractivity contribution in [2.24, 2.45) is 5.92 Å². The Hall–Kier alpha value is -0.900. The maximum absolute atomic E-state index is 10.8. The minimum atomic E-state index is -0.401. The van der Waals surface area contributed by atoms with Crippen LogP contribution in [0.4, 0.5) is 0 Å². The second-order valence-electron chi connectivity index (χ2n) is 6.68. The van der Waals surface area contributed by atoms with E-state index in [1.165, 1.54) is 32.1 Å². The lowest BCUT2D eigenvalue weighted by molar-refractivity contribution is -0.0446. The largest absolute Gasteiger partial charge is 0.389 e. The first-order valence-corrected chi connectivity index (χ1v) is 9.30. The van der Waals surface area contributed by atoms with E-state index in [1.807, 2.05) is 18.2 Å². The lowest BCUT2D eigenvalue weighted by Crippen LogP contribution is -2.50. The molecule has 2 rings (SSSR count). The van der Waals surface area contributed by atoms with E-state index >= 15 is 0 Å². The summed E-state index contributed by atoms with van der Waals surface area (Å²) in [6.45, 7) is 7.37. The molecule has 0 bridgehead atoms. The minimum absolute atomic E-state index is 0.237. The van der Waals surface area contributed by atoms with Gasteiger partial charge in [0.25, 0.3) is 0 Å². The summed E-state index contributed by atoms with van der Waals surface area (Å²) in [7, 11) is 0. The molecule has 0 spiro atoms. The molecule has 3 heteroatoms. The van der Waals surface area contributed by atoms with E-state index in [-0.39, 0.29) is 6.04 Å². The molecule has 0 aliphatic heterocycles. The number of rotatable bonds is 9. The van der Waals surface area contributed by atoms with Crippen LogP contribution in [0.1, 0.15) is 51.5 Å². The normalized spacial score (nSPS) is 19.0. The first-order valence-electron chi connectivity index (χ1n) is 9.30. The number of hydrogen-bond donors (Lipinski definition) is 1. The van der Waals surface area contributed by atoms with E-state index in [1.54, 1.807) is 0 Å². The van der Waals surface area contributed by atoms with Gasteiger partial charge in [-0.2, -0.15) is 0 Å². The summed E-state index contributed by atoms with van der Waals surface area (Å²) in [5.74, 6) is 0.610. The molecule has 1 saturated carbocycles. The van der Waals surface area contributed by atoms with Gasteiger partial charge in [0.1, 0.15) is 0 Å². The van der Waals surface area contributed by atoms with Crippen molar-refractivity contribution in [2.45, 2.75) is 64.7 Å². The van der Waals surface area contributed by atoms with Gasteiger partial charge in [0.15, 0.2) is 0 Å². The lowest BCUT2D eigenvalue weighted by atomic mass is 9.81. The van der Waals surface area contributed by atoms with Crippen molar-refractivity contribution in [1.29, 1.82) is 0 Å². The average molecular weight is 319 g/mol. The molecule has 0 heterocycles. The highest BCUT2D eigenvalue weighted by atomic mass is 16.5. The Labute approximate surface area is 141 Å². The third-order valence-electron chi connectivity index (χ3n) is 5.16. The molecule has 130 valence electrons. The molecule has 3 nitrogen and oxygen atoms in total. The van der Waals surface area contributed by atoms with Gasteiger partial charge in [-0.25, -0.2) is 0 Å². The fourth-order valence-electron chi connectivity index (χ4n) is 3.95. The van der Waals surface area contributed by atoms with Crippen molar-refractivity contribution in [1.82, 2.24) is 4.90 Å². The zero-order valence-corrected chi connectivity index (χ0v) is 14.8. The number of likely N-dealkylation sites (N-methyl/N-ethyl adjacent to an activating group) is 1. The van der Waals surface area contributed by atoms with Crippen molar-refractivity contribution < 1.29 is 9.84 Å². The van der Waals surface area contributed by atoms with E-state index in [0.29, 0.717) is 19.1 Å². The third-order valence-corrected chi connectivity index (χ3v) is 5.16. The van der Waals surface area contributed by atoms with Gasteiger partial charge >= 0.3 is 0 Å². The van der Waals surface area contributed by atoms with E-state index in [2.05, 4.69) is 30.9 Å². The number of ether oxygens (including phenoxy) is 1. The zero-order chi connectivity index (χ0) is 16.5. The van der Waals surface area contributed by atoms with Crippen LogP contribution in [-0.4, -0.2) is 41.8 Å². The SMILES string of the molecule is CCN(CC)[C@@H](C1CCCCC1)[C@H](O)COCc1ccccc1. The van der Waals surface area contributed by atoms with Crippen LogP contribution >= 0.6 is 0 Å². The van der Waals surface area contributed by atoms with Gasteiger partial charge in [0, 0.05) is 6.04 Å². The highest BCUT2D eigenvalue weighted by Gasteiger charge is 2.33. The quantitative estimate of drug-likeness (QED) is 0.750. The highest BCUT2D eigenvalue weighted by molar-refractivity contribution is 5.13. The van der Waals surface area contributed by atoms with Gasteiger partial charge < -0.3 is 9.84 Å². The van der Waals surface area contributed by atoms with Gasteiger partial charge in [-0.05, 0) is 37.4 Å². The lowest BCUT2D eigenvalue weighted by Gasteiger charge is -2.40. The molecule has 0 unspecified atom stereocenters. The molecule has 1 aromatic carbocycles. The molecule has 1 aliphatic rings. The first kappa shape index (κ1) is 18.4.